The molecular weight excluding hydrogens is 483 g/mol. The van der Waals surface area contributed by atoms with E-state index in [0.717, 1.165) is 0 Å². The number of amides is 1. The number of benzene rings is 3. The molecule has 0 saturated heterocycles. The number of halogens is 2. The molecule has 1 heterocycles. The zero-order valence-electron chi connectivity index (χ0n) is 18.0. The minimum Gasteiger partial charge on any atom is -0.494 e. The molecule has 3 N–H and O–H groups in total. The predicted octanol–water partition coefficient (Wildman–Crippen LogP) is 3.71. The van der Waals surface area contributed by atoms with Crippen LogP contribution in [0.15, 0.2) is 65.7 Å². The highest BCUT2D eigenvalue weighted by Gasteiger charge is 2.18. The lowest BCUT2D eigenvalue weighted by atomic mass is 10.1. The van der Waals surface area contributed by atoms with Crippen molar-refractivity contribution in [1.82, 2.24) is 9.78 Å². The van der Waals surface area contributed by atoms with E-state index in [0.29, 0.717) is 21.7 Å². The van der Waals surface area contributed by atoms with Crippen molar-refractivity contribution >= 4 is 44.1 Å². The Bertz CT molecular complexity index is 1500. The van der Waals surface area contributed by atoms with Gasteiger partial charge in [0, 0.05) is 22.3 Å². The Morgan fingerprint density at radius 3 is 2.65 bits per heavy atom. The molecule has 176 valence electrons. The second kappa shape index (κ2) is 9.41. The predicted molar refractivity (Wildman–Crippen MR) is 127 cm³/mol. The fourth-order valence-corrected chi connectivity index (χ4v) is 4.50. The van der Waals surface area contributed by atoms with Crippen LogP contribution in [-0.4, -0.2) is 31.2 Å². The highest BCUT2D eigenvalue weighted by molar-refractivity contribution is 7.89. The lowest BCUT2D eigenvalue weighted by Gasteiger charge is -2.08. The average Bonchev–Trinajstić information content (AvgIpc) is 3.16. The number of hydrogen-bond acceptors (Lipinski definition) is 5. The molecule has 0 spiro atoms. The number of nitrogens with zero attached hydrogens (tertiary/aromatic N) is 2. The summed E-state index contributed by atoms with van der Waals surface area (Å²) in [4.78, 5) is 12.4. The number of rotatable bonds is 7. The smallest absolute Gasteiger partial charge is 0.238 e. The zero-order valence-corrected chi connectivity index (χ0v) is 19.5. The van der Waals surface area contributed by atoms with Gasteiger partial charge in [-0.3, -0.25) is 9.48 Å². The normalized spacial score (nSPS) is 11.5. The summed E-state index contributed by atoms with van der Waals surface area (Å²) >= 11 is 6.11. The molecule has 0 aliphatic carbocycles. The summed E-state index contributed by atoms with van der Waals surface area (Å²) in [6.45, 7) is 0.174. The van der Waals surface area contributed by atoms with Gasteiger partial charge in [0.2, 0.25) is 15.9 Å². The lowest BCUT2D eigenvalue weighted by molar-refractivity contribution is -0.115. The number of hydrogen-bond donors (Lipinski definition) is 2. The Hall–Kier alpha value is -3.47. The van der Waals surface area contributed by atoms with Gasteiger partial charge in [0.1, 0.15) is 0 Å². The first kappa shape index (κ1) is 23.7. The van der Waals surface area contributed by atoms with E-state index in [4.69, 9.17) is 21.5 Å². The van der Waals surface area contributed by atoms with Crippen molar-refractivity contribution < 1.29 is 22.3 Å². The zero-order chi connectivity index (χ0) is 24.5. The molecule has 4 rings (SSSR count). The molecule has 0 saturated carbocycles. The van der Waals surface area contributed by atoms with Crippen molar-refractivity contribution in [3.05, 3.63) is 82.8 Å². The van der Waals surface area contributed by atoms with Gasteiger partial charge >= 0.3 is 0 Å². The number of carbonyl (C=O) groups is 1. The molecule has 0 bridgehead atoms. The molecular formula is C23H20ClFN4O4S. The van der Waals surface area contributed by atoms with Gasteiger partial charge in [-0.25, -0.2) is 17.9 Å². The molecule has 1 amide bonds. The van der Waals surface area contributed by atoms with Gasteiger partial charge in [0.25, 0.3) is 0 Å². The van der Waals surface area contributed by atoms with Crippen molar-refractivity contribution in [3.63, 3.8) is 0 Å². The highest BCUT2D eigenvalue weighted by atomic mass is 35.5. The minimum absolute atomic E-state index is 0.000106. The Balaban J connectivity index is 1.65. The summed E-state index contributed by atoms with van der Waals surface area (Å²) in [7, 11) is -2.76. The second-order valence-corrected chi connectivity index (χ2v) is 9.50. The number of methoxy groups -OCH3 is 1. The SMILES string of the molecule is COc1ccc(Cn2cc3c(S(N)(=O)=O)cc(NC(=O)Cc4ccccc4Cl)cc3n2)cc1F. The Kier molecular flexibility index (Phi) is 6.56. The van der Waals surface area contributed by atoms with Gasteiger partial charge in [-0.15, -0.1) is 0 Å². The van der Waals surface area contributed by atoms with Gasteiger partial charge in [0.15, 0.2) is 11.6 Å². The number of aromatic nitrogens is 2. The van der Waals surface area contributed by atoms with Crippen LogP contribution in [0, 0.1) is 5.82 Å². The monoisotopic (exact) mass is 502 g/mol. The molecule has 0 unspecified atom stereocenters. The number of anilines is 1. The van der Waals surface area contributed by atoms with Crippen LogP contribution < -0.4 is 15.2 Å². The number of ether oxygens (including phenoxy) is 1. The minimum atomic E-state index is -4.13. The maximum absolute atomic E-state index is 14.0. The second-order valence-electron chi connectivity index (χ2n) is 7.56. The van der Waals surface area contributed by atoms with E-state index in [1.54, 1.807) is 36.4 Å². The molecule has 0 atom stereocenters. The van der Waals surface area contributed by atoms with Crippen LogP contribution in [0.1, 0.15) is 11.1 Å². The molecule has 3 aromatic carbocycles. The number of nitrogens with two attached hydrogens (primary N) is 1. The summed E-state index contributed by atoms with van der Waals surface area (Å²) in [6, 6.07) is 14.2. The molecule has 1 aromatic heterocycles. The van der Waals surface area contributed by atoms with Crippen molar-refractivity contribution in [3.8, 4) is 5.75 Å². The molecule has 11 heteroatoms. The van der Waals surface area contributed by atoms with E-state index < -0.39 is 15.8 Å². The number of fused-ring (bicyclic) bond motifs is 1. The fourth-order valence-electron chi connectivity index (χ4n) is 3.54. The van der Waals surface area contributed by atoms with E-state index in [1.165, 1.54) is 36.2 Å². The first-order valence-corrected chi connectivity index (χ1v) is 12.0. The van der Waals surface area contributed by atoms with Gasteiger partial charge in [-0.05, 0) is 41.5 Å². The maximum atomic E-state index is 14.0. The lowest BCUT2D eigenvalue weighted by Crippen LogP contribution is -2.16. The number of carbonyl (C=O) groups excluding carboxylic acids is 1. The molecule has 0 fully saturated rings. The van der Waals surface area contributed by atoms with Crippen LogP contribution in [0.5, 0.6) is 5.75 Å². The first-order chi connectivity index (χ1) is 16.1. The van der Waals surface area contributed by atoms with E-state index in [-0.39, 0.29) is 40.6 Å². The third-order valence-electron chi connectivity index (χ3n) is 5.09. The van der Waals surface area contributed by atoms with Crippen molar-refractivity contribution in [2.45, 2.75) is 17.9 Å². The molecule has 0 aliphatic heterocycles. The quantitative estimate of drug-likeness (QED) is 0.399. The third kappa shape index (κ3) is 5.19. The molecule has 0 aliphatic rings. The summed E-state index contributed by atoms with van der Waals surface area (Å²) in [6.07, 6.45) is 1.51. The fraction of sp³-hybridized carbons (Fsp3) is 0.130. The summed E-state index contributed by atoms with van der Waals surface area (Å²) in [5.41, 5.74) is 1.74. The van der Waals surface area contributed by atoms with E-state index in [9.17, 15) is 17.6 Å². The van der Waals surface area contributed by atoms with Gasteiger partial charge < -0.3 is 10.1 Å². The Labute approximate surface area is 200 Å². The van der Waals surface area contributed by atoms with Crippen LogP contribution in [0.25, 0.3) is 10.9 Å². The van der Waals surface area contributed by atoms with E-state index in [1.807, 2.05) is 0 Å². The molecule has 34 heavy (non-hydrogen) atoms. The first-order valence-electron chi connectivity index (χ1n) is 10.0. The average molecular weight is 503 g/mol. The van der Waals surface area contributed by atoms with Gasteiger partial charge in [-0.1, -0.05) is 35.9 Å². The molecule has 8 nitrogen and oxygen atoms in total. The highest BCUT2D eigenvalue weighted by Crippen LogP contribution is 2.27. The van der Waals surface area contributed by atoms with E-state index in [2.05, 4.69) is 10.4 Å². The van der Waals surface area contributed by atoms with Gasteiger partial charge in [-0.2, -0.15) is 5.10 Å². The summed E-state index contributed by atoms with van der Waals surface area (Å²) in [5, 5.41) is 13.2. The maximum Gasteiger partial charge on any atom is 0.238 e. The topological polar surface area (TPSA) is 116 Å². The Morgan fingerprint density at radius 1 is 1.21 bits per heavy atom. The van der Waals surface area contributed by atoms with Crippen molar-refractivity contribution in [1.29, 1.82) is 0 Å². The third-order valence-corrected chi connectivity index (χ3v) is 6.41. The van der Waals surface area contributed by atoms with Crippen LogP contribution in [-0.2, 0) is 27.8 Å². The molecule has 4 aromatic rings. The Morgan fingerprint density at radius 2 is 1.97 bits per heavy atom. The number of nitrogens with one attached hydrogen (secondary N) is 1. The van der Waals surface area contributed by atoms with Crippen molar-refractivity contribution in [2.75, 3.05) is 12.4 Å². The number of primary sulfonamides is 1. The largest absolute Gasteiger partial charge is 0.494 e. The van der Waals surface area contributed by atoms with Crippen LogP contribution >= 0.6 is 11.6 Å². The summed E-state index contributed by atoms with van der Waals surface area (Å²) < 4.78 is 44.9. The molecule has 0 radical (unpaired) electrons. The standard InChI is InChI=1S/C23H20ClFN4O4S/c1-33-21-7-6-14(8-19(21)25)12-29-13-17-20(28-29)10-16(11-22(17)34(26,31)32)27-23(30)9-15-4-2-3-5-18(15)24/h2-8,10-11,13H,9,12H2,1H3,(H,27,30)(H2,26,31,32). The van der Waals surface area contributed by atoms with Crippen molar-refractivity contribution in [2.24, 2.45) is 5.14 Å². The van der Waals surface area contributed by atoms with Gasteiger partial charge in [0.05, 0.1) is 30.5 Å². The van der Waals surface area contributed by atoms with Crippen LogP contribution in [0.2, 0.25) is 5.02 Å². The van der Waals surface area contributed by atoms with E-state index >= 15 is 0 Å². The van der Waals surface area contributed by atoms with Crippen LogP contribution in [0.4, 0.5) is 10.1 Å². The van der Waals surface area contributed by atoms with Crippen LogP contribution in [0.3, 0.4) is 0 Å². The summed E-state index contributed by atoms with van der Waals surface area (Å²) in [5.74, 6) is -0.797. The number of sulfonamides is 1.